The molecule has 0 heterocycles. The molecule has 0 aromatic rings. The van der Waals surface area contributed by atoms with E-state index in [0.29, 0.717) is 24.1 Å². The number of phosphoric acid groups is 1. The molecular weight excluding hydrogens is 649 g/mol. The Morgan fingerprint density at radius 2 is 1.16 bits per heavy atom. The van der Waals surface area contributed by atoms with Gasteiger partial charge in [0.2, 0.25) is 0 Å². The Morgan fingerprint density at radius 3 is 1.76 bits per heavy atom. The number of likely N-dealkylation sites (N-methyl/N-ethyl adjacent to an activating group) is 1. The fraction of sp³-hybridized carbons (Fsp3) is 0.780. The van der Waals surface area contributed by atoms with Gasteiger partial charge in [-0.25, -0.2) is 4.57 Å². The minimum absolute atomic E-state index is 0.0836. The molecule has 292 valence electrons. The minimum Gasteiger partial charge on any atom is -0.457 e. The third kappa shape index (κ3) is 37.7. The molecule has 2 atom stereocenters. The molecular formula is C41H77NO7P+. The second-order valence-corrected chi connectivity index (χ2v) is 15.7. The van der Waals surface area contributed by atoms with Crippen LogP contribution in [-0.4, -0.2) is 75.6 Å². The lowest BCUT2D eigenvalue weighted by atomic mass is 10.1. The van der Waals surface area contributed by atoms with Crippen molar-refractivity contribution in [2.24, 2.45) is 0 Å². The number of rotatable bonds is 36. The summed E-state index contributed by atoms with van der Waals surface area (Å²) in [4.78, 5) is 22.8. The van der Waals surface area contributed by atoms with Crippen LogP contribution in [0.2, 0.25) is 0 Å². The largest absolute Gasteiger partial charge is 0.472 e. The van der Waals surface area contributed by atoms with Crippen molar-refractivity contribution in [1.82, 2.24) is 0 Å². The van der Waals surface area contributed by atoms with Crippen molar-refractivity contribution in [3.8, 4) is 0 Å². The predicted octanol–water partition coefficient (Wildman–Crippen LogP) is 11.2. The van der Waals surface area contributed by atoms with E-state index in [1.54, 1.807) is 0 Å². The highest BCUT2D eigenvalue weighted by Gasteiger charge is 2.26. The Balaban J connectivity index is 4.29. The molecule has 9 heteroatoms. The van der Waals surface area contributed by atoms with Crippen LogP contribution in [-0.2, 0) is 27.9 Å². The van der Waals surface area contributed by atoms with E-state index < -0.39 is 13.9 Å². The van der Waals surface area contributed by atoms with Gasteiger partial charge in [-0.15, -0.1) is 0 Å². The van der Waals surface area contributed by atoms with Crippen molar-refractivity contribution in [3.05, 3.63) is 48.6 Å². The number of carbonyl (C=O) groups is 1. The highest BCUT2D eigenvalue weighted by Crippen LogP contribution is 2.43. The van der Waals surface area contributed by atoms with E-state index in [1.165, 1.54) is 70.6 Å². The van der Waals surface area contributed by atoms with E-state index in [0.717, 1.165) is 57.8 Å². The normalized spacial score (nSPS) is 14.4. The molecule has 0 spiro atoms. The standard InChI is InChI=1S/C41H76NO7P/c1-6-8-10-12-14-16-18-19-20-21-22-23-24-26-28-30-32-34-41(43)49-40(39-48-50(44,45)47-37-35-42(3,4)5)38-46-36-33-31-29-27-25-17-15-13-11-9-7-2/h8,10-11,13-14,16,19-20,40H,6-7,9,12,15,17-18,21-39H2,1-5H3/p+1/b10-8-,13-11-,16-14-,20-19-. The van der Waals surface area contributed by atoms with E-state index in [4.69, 9.17) is 18.5 Å². The first-order valence-electron chi connectivity index (χ1n) is 19.9. The Bertz CT molecular complexity index is 942. The van der Waals surface area contributed by atoms with Gasteiger partial charge in [-0.2, -0.15) is 0 Å². The van der Waals surface area contributed by atoms with Crippen molar-refractivity contribution in [2.45, 2.75) is 155 Å². The number of allylic oxidation sites excluding steroid dienone is 8. The number of hydrogen-bond donors (Lipinski definition) is 1. The lowest BCUT2D eigenvalue weighted by molar-refractivity contribution is -0.870. The topological polar surface area (TPSA) is 91.3 Å². The fourth-order valence-electron chi connectivity index (χ4n) is 5.04. The number of phosphoric ester groups is 1. The molecule has 0 fully saturated rings. The summed E-state index contributed by atoms with van der Waals surface area (Å²) in [5.41, 5.74) is 0. The predicted molar refractivity (Wildman–Crippen MR) is 210 cm³/mol. The van der Waals surface area contributed by atoms with Crippen LogP contribution in [0.25, 0.3) is 0 Å². The number of esters is 1. The second-order valence-electron chi connectivity index (χ2n) is 14.3. The first-order chi connectivity index (χ1) is 24.1. The first kappa shape index (κ1) is 48.5. The molecule has 0 aliphatic heterocycles. The highest BCUT2D eigenvalue weighted by atomic mass is 31.2. The average Bonchev–Trinajstić information content (AvgIpc) is 3.06. The molecule has 0 saturated heterocycles. The Labute approximate surface area is 308 Å². The van der Waals surface area contributed by atoms with Gasteiger partial charge in [0.25, 0.3) is 0 Å². The summed E-state index contributed by atoms with van der Waals surface area (Å²) in [6.07, 6.45) is 39.9. The van der Waals surface area contributed by atoms with Crippen LogP contribution >= 0.6 is 7.82 Å². The second kappa shape index (κ2) is 34.5. The third-order valence-corrected chi connectivity index (χ3v) is 9.09. The van der Waals surface area contributed by atoms with Gasteiger partial charge in [0.05, 0.1) is 34.4 Å². The summed E-state index contributed by atoms with van der Waals surface area (Å²) in [6, 6.07) is 0. The smallest absolute Gasteiger partial charge is 0.457 e. The Hall–Kier alpha value is -1.54. The highest BCUT2D eigenvalue weighted by molar-refractivity contribution is 7.47. The van der Waals surface area contributed by atoms with Crippen LogP contribution in [0.4, 0.5) is 0 Å². The van der Waals surface area contributed by atoms with Crippen LogP contribution < -0.4 is 0 Å². The zero-order chi connectivity index (χ0) is 37.0. The number of ether oxygens (including phenoxy) is 2. The molecule has 0 radical (unpaired) electrons. The van der Waals surface area contributed by atoms with Crippen molar-refractivity contribution in [3.63, 3.8) is 0 Å². The van der Waals surface area contributed by atoms with E-state index in [2.05, 4.69) is 62.5 Å². The zero-order valence-electron chi connectivity index (χ0n) is 32.9. The maximum Gasteiger partial charge on any atom is 0.472 e. The number of carbonyl (C=O) groups excluding carboxylic acids is 1. The van der Waals surface area contributed by atoms with Crippen LogP contribution in [0.15, 0.2) is 48.6 Å². The fourth-order valence-corrected chi connectivity index (χ4v) is 5.78. The number of quaternary nitrogens is 1. The van der Waals surface area contributed by atoms with Crippen molar-refractivity contribution < 1.29 is 37.3 Å². The third-order valence-electron chi connectivity index (χ3n) is 8.11. The summed E-state index contributed by atoms with van der Waals surface area (Å²) in [5.74, 6) is -0.329. The molecule has 8 nitrogen and oxygen atoms in total. The van der Waals surface area contributed by atoms with Crippen LogP contribution in [0.3, 0.4) is 0 Å². The van der Waals surface area contributed by atoms with Crippen molar-refractivity contribution >= 4 is 13.8 Å². The maximum atomic E-state index is 12.6. The number of hydrogen-bond acceptors (Lipinski definition) is 6. The Kier molecular flexibility index (Phi) is 33.5. The van der Waals surface area contributed by atoms with Gasteiger partial charge >= 0.3 is 13.8 Å². The molecule has 0 aliphatic rings. The van der Waals surface area contributed by atoms with Gasteiger partial charge in [-0.05, 0) is 64.2 Å². The molecule has 0 aromatic heterocycles. The number of nitrogens with zero attached hydrogens (tertiary/aromatic N) is 1. The number of unbranched alkanes of at least 4 members (excludes halogenated alkanes) is 14. The SMILES string of the molecule is CC/C=C\C/C=C\C/C=C\CCCCCCCCCC(=O)OC(COCCCCCCCC/C=C\CCC)COP(=O)(O)OCC[N+](C)(C)C. The quantitative estimate of drug-likeness (QED) is 0.0226. The summed E-state index contributed by atoms with van der Waals surface area (Å²) in [5, 5.41) is 0. The average molecular weight is 727 g/mol. The van der Waals surface area contributed by atoms with Crippen molar-refractivity contribution in [2.75, 3.05) is 54.1 Å². The molecule has 0 amide bonds. The maximum absolute atomic E-state index is 12.6. The molecule has 1 N–H and O–H groups in total. The monoisotopic (exact) mass is 727 g/mol. The molecule has 0 saturated carbocycles. The molecule has 0 aromatic carbocycles. The van der Waals surface area contributed by atoms with Gasteiger partial charge in [0.1, 0.15) is 19.3 Å². The van der Waals surface area contributed by atoms with E-state index >= 15 is 0 Å². The van der Waals surface area contributed by atoms with Crippen LogP contribution in [0.1, 0.15) is 149 Å². The molecule has 0 aliphatic carbocycles. The first-order valence-corrected chi connectivity index (χ1v) is 21.4. The van der Waals surface area contributed by atoms with Crippen LogP contribution in [0.5, 0.6) is 0 Å². The minimum atomic E-state index is -4.27. The van der Waals surface area contributed by atoms with Gasteiger partial charge in [0.15, 0.2) is 0 Å². The molecule has 2 unspecified atom stereocenters. The summed E-state index contributed by atoms with van der Waals surface area (Å²) in [7, 11) is 1.65. The zero-order valence-corrected chi connectivity index (χ0v) is 33.8. The summed E-state index contributed by atoms with van der Waals surface area (Å²) < 4.78 is 34.8. The van der Waals surface area contributed by atoms with Gasteiger partial charge in [-0.1, -0.05) is 127 Å². The van der Waals surface area contributed by atoms with Gasteiger partial charge in [0, 0.05) is 13.0 Å². The Morgan fingerprint density at radius 1 is 0.640 bits per heavy atom. The van der Waals surface area contributed by atoms with E-state index in [-0.39, 0.29) is 25.8 Å². The van der Waals surface area contributed by atoms with E-state index in [1.807, 2.05) is 21.1 Å². The van der Waals surface area contributed by atoms with Crippen molar-refractivity contribution in [1.29, 1.82) is 0 Å². The molecule has 50 heavy (non-hydrogen) atoms. The lowest BCUT2D eigenvalue weighted by Crippen LogP contribution is -2.37. The summed E-state index contributed by atoms with van der Waals surface area (Å²) >= 11 is 0. The molecule has 0 bridgehead atoms. The molecule has 0 rings (SSSR count). The van der Waals surface area contributed by atoms with Gasteiger partial charge in [-0.3, -0.25) is 13.8 Å². The lowest BCUT2D eigenvalue weighted by Gasteiger charge is -2.24. The van der Waals surface area contributed by atoms with Gasteiger partial charge < -0.3 is 18.9 Å². The van der Waals surface area contributed by atoms with E-state index in [9.17, 15) is 14.3 Å². The summed E-state index contributed by atoms with van der Waals surface area (Å²) in [6.45, 7) is 5.41. The van der Waals surface area contributed by atoms with Crippen LogP contribution in [0, 0.1) is 0 Å².